The summed E-state index contributed by atoms with van der Waals surface area (Å²) in [6.07, 6.45) is 0.835. The predicted molar refractivity (Wildman–Crippen MR) is 92.6 cm³/mol. The summed E-state index contributed by atoms with van der Waals surface area (Å²) in [5.74, 6) is -2.62. The third-order valence-electron chi connectivity index (χ3n) is 5.40. The maximum Gasteiger partial charge on any atom is 0.332 e. The van der Waals surface area contributed by atoms with E-state index in [4.69, 9.17) is 0 Å². The smallest absolute Gasteiger partial charge is 0.332 e. The summed E-state index contributed by atoms with van der Waals surface area (Å²) in [5, 5.41) is 0. The number of amides is 1. The number of alkyl halides is 2. The fraction of sp³-hybridized carbons (Fsp3) is 0.706. The Bertz CT molecular complexity index is 807. The maximum atomic E-state index is 13.3. The summed E-state index contributed by atoms with van der Waals surface area (Å²) >= 11 is 0. The Morgan fingerprint density at radius 1 is 1.12 bits per heavy atom. The molecular weight excluding hydrogens is 346 g/mol. The van der Waals surface area contributed by atoms with Crippen molar-refractivity contribution in [3.05, 3.63) is 26.9 Å². The molecule has 1 amide bonds. The second-order valence-corrected chi connectivity index (χ2v) is 7.21. The molecule has 3 heterocycles. The molecule has 2 aliphatic heterocycles. The molecule has 9 heteroatoms. The fourth-order valence-electron chi connectivity index (χ4n) is 3.72. The lowest BCUT2D eigenvalue weighted by Crippen LogP contribution is -2.50. The summed E-state index contributed by atoms with van der Waals surface area (Å²) in [6.45, 7) is 1.17. The number of anilines is 1. The number of nitrogens with zero attached hydrogens (tertiary/aromatic N) is 4. The Morgan fingerprint density at radius 3 is 2.42 bits per heavy atom. The average Bonchev–Trinajstić information content (AvgIpc) is 2.62. The van der Waals surface area contributed by atoms with Gasteiger partial charge in [-0.05, 0) is 12.8 Å². The lowest BCUT2D eigenvalue weighted by Gasteiger charge is -2.38. The Labute approximate surface area is 149 Å². The van der Waals surface area contributed by atoms with Gasteiger partial charge in [0.2, 0.25) is 5.91 Å². The van der Waals surface area contributed by atoms with Crippen LogP contribution in [0.1, 0.15) is 25.7 Å². The minimum Gasteiger partial charge on any atom is -0.357 e. The summed E-state index contributed by atoms with van der Waals surface area (Å²) in [4.78, 5) is 40.2. The number of hydrogen-bond acceptors (Lipinski definition) is 4. The SMILES string of the molecule is Cn1c(N2CCCC(C(=O)N3CCC(F)(F)CC3)C2)cc(=O)n(C)c1=O. The largest absolute Gasteiger partial charge is 0.357 e. The van der Waals surface area contributed by atoms with Gasteiger partial charge in [0.25, 0.3) is 11.5 Å². The number of carbonyl (C=O) groups is 1. The molecule has 26 heavy (non-hydrogen) atoms. The summed E-state index contributed by atoms with van der Waals surface area (Å²) in [7, 11) is 3.01. The topological polar surface area (TPSA) is 67.6 Å². The normalized spacial score (nSPS) is 23.2. The average molecular weight is 370 g/mol. The second kappa shape index (κ2) is 6.85. The second-order valence-electron chi connectivity index (χ2n) is 7.21. The van der Waals surface area contributed by atoms with Crippen LogP contribution in [0.15, 0.2) is 15.7 Å². The van der Waals surface area contributed by atoms with Crippen LogP contribution in [-0.4, -0.2) is 52.0 Å². The van der Waals surface area contributed by atoms with Gasteiger partial charge in [0.05, 0.1) is 5.92 Å². The number of halogens is 2. The van der Waals surface area contributed by atoms with E-state index in [-0.39, 0.29) is 37.8 Å². The van der Waals surface area contributed by atoms with Gasteiger partial charge in [-0.15, -0.1) is 0 Å². The van der Waals surface area contributed by atoms with Crippen molar-refractivity contribution in [2.45, 2.75) is 31.6 Å². The molecule has 1 atom stereocenters. The number of carbonyl (C=O) groups excluding carboxylic acids is 1. The molecule has 0 N–H and O–H groups in total. The molecule has 1 aromatic rings. The molecular formula is C17H24F2N4O3. The van der Waals surface area contributed by atoms with Gasteiger partial charge in [-0.1, -0.05) is 0 Å². The monoisotopic (exact) mass is 370 g/mol. The first kappa shape index (κ1) is 18.6. The Hall–Kier alpha value is -2.19. The predicted octanol–water partition coefficient (Wildman–Crippen LogP) is 0.558. The van der Waals surface area contributed by atoms with Crippen LogP contribution < -0.4 is 16.1 Å². The van der Waals surface area contributed by atoms with E-state index in [1.165, 1.54) is 22.6 Å². The van der Waals surface area contributed by atoms with Crippen molar-refractivity contribution in [3.63, 3.8) is 0 Å². The van der Waals surface area contributed by atoms with E-state index in [1.54, 1.807) is 7.05 Å². The standard InChI is InChI=1S/C17H24F2N4O3/c1-20-13(10-14(24)21(2)16(20)26)23-7-3-4-12(11-23)15(25)22-8-5-17(18,19)6-9-22/h10,12H,3-9,11H2,1-2H3. The highest BCUT2D eigenvalue weighted by Crippen LogP contribution is 2.30. The first-order chi connectivity index (χ1) is 12.2. The Kier molecular flexibility index (Phi) is 4.90. The van der Waals surface area contributed by atoms with Crippen LogP contribution in [0.2, 0.25) is 0 Å². The van der Waals surface area contributed by atoms with E-state index in [0.29, 0.717) is 25.3 Å². The van der Waals surface area contributed by atoms with Crippen LogP contribution in [0.5, 0.6) is 0 Å². The van der Waals surface area contributed by atoms with Gasteiger partial charge in [-0.2, -0.15) is 0 Å². The number of likely N-dealkylation sites (tertiary alicyclic amines) is 1. The van der Waals surface area contributed by atoms with E-state index in [9.17, 15) is 23.2 Å². The van der Waals surface area contributed by atoms with Gasteiger partial charge in [-0.3, -0.25) is 18.7 Å². The van der Waals surface area contributed by atoms with Crippen molar-refractivity contribution in [2.24, 2.45) is 20.0 Å². The molecule has 0 bridgehead atoms. The molecule has 1 aromatic heterocycles. The minimum absolute atomic E-state index is 0.0761. The van der Waals surface area contributed by atoms with Gasteiger partial charge in [0.15, 0.2) is 0 Å². The van der Waals surface area contributed by atoms with Crippen molar-refractivity contribution in [1.82, 2.24) is 14.0 Å². The van der Waals surface area contributed by atoms with Crippen LogP contribution in [0.3, 0.4) is 0 Å². The van der Waals surface area contributed by atoms with E-state index in [1.807, 2.05) is 4.90 Å². The Morgan fingerprint density at radius 2 is 1.77 bits per heavy atom. The van der Waals surface area contributed by atoms with Crippen LogP contribution in [0.25, 0.3) is 0 Å². The van der Waals surface area contributed by atoms with Gasteiger partial charge in [-0.25, -0.2) is 13.6 Å². The molecule has 7 nitrogen and oxygen atoms in total. The van der Waals surface area contributed by atoms with Crippen LogP contribution in [0.4, 0.5) is 14.6 Å². The highest BCUT2D eigenvalue weighted by molar-refractivity contribution is 5.80. The molecule has 2 saturated heterocycles. The molecule has 1 unspecified atom stereocenters. The molecule has 0 radical (unpaired) electrons. The van der Waals surface area contributed by atoms with Gasteiger partial charge < -0.3 is 9.80 Å². The Balaban J connectivity index is 1.75. The van der Waals surface area contributed by atoms with E-state index in [0.717, 1.165) is 11.0 Å². The molecule has 0 spiro atoms. The van der Waals surface area contributed by atoms with E-state index < -0.39 is 17.2 Å². The molecule has 2 aliphatic rings. The third kappa shape index (κ3) is 3.52. The lowest BCUT2D eigenvalue weighted by molar-refractivity contribution is -0.141. The van der Waals surface area contributed by atoms with Crippen molar-refractivity contribution in [2.75, 3.05) is 31.1 Å². The van der Waals surface area contributed by atoms with Crippen LogP contribution in [-0.2, 0) is 18.9 Å². The van der Waals surface area contributed by atoms with Gasteiger partial charge >= 0.3 is 5.69 Å². The van der Waals surface area contributed by atoms with Crippen LogP contribution >= 0.6 is 0 Å². The summed E-state index contributed by atoms with van der Waals surface area (Å²) < 4.78 is 29.0. The fourth-order valence-corrected chi connectivity index (χ4v) is 3.72. The van der Waals surface area contributed by atoms with Crippen molar-refractivity contribution in [3.8, 4) is 0 Å². The number of rotatable bonds is 2. The molecule has 0 saturated carbocycles. The highest BCUT2D eigenvalue weighted by atomic mass is 19.3. The minimum atomic E-state index is -2.68. The lowest BCUT2D eigenvalue weighted by atomic mass is 9.95. The zero-order valence-electron chi connectivity index (χ0n) is 15.1. The zero-order valence-corrected chi connectivity index (χ0v) is 15.1. The third-order valence-corrected chi connectivity index (χ3v) is 5.40. The number of hydrogen-bond donors (Lipinski definition) is 0. The first-order valence-corrected chi connectivity index (χ1v) is 8.88. The number of aromatic nitrogens is 2. The molecule has 144 valence electrons. The maximum absolute atomic E-state index is 13.3. The first-order valence-electron chi connectivity index (χ1n) is 8.88. The van der Waals surface area contributed by atoms with E-state index in [2.05, 4.69) is 0 Å². The van der Waals surface area contributed by atoms with Gasteiger partial charge in [0.1, 0.15) is 5.82 Å². The van der Waals surface area contributed by atoms with E-state index >= 15 is 0 Å². The zero-order chi connectivity index (χ0) is 19.1. The molecule has 2 fully saturated rings. The van der Waals surface area contributed by atoms with Crippen LogP contribution in [0, 0.1) is 5.92 Å². The van der Waals surface area contributed by atoms with Gasteiger partial charge in [0, 0.05) is 59.2 Å². The van der Waals surface area contributed by atoms with Crippen molar-refractivity contribution < 1.29 is 13.6 Å². The van der Waals surface area contributed by atoms with Crippen molar-refractivity contribution in [1.29, 1.82) is 0 Å². The summed E-state index contributed by atoms with van der Waals surface area (Å²) in [5.41, 5.74) is -0.811. The molecule has 3 rings (SSSR count). The molecule has 0 aromatic carbocycles. The number of piperidine rings is 2. The quantitative estimate of drug-likeness (QED) is 0.763. The summed E-state index contributed by atoms with van der Waals surface area (Å²) in [6, 6.07) is 1.40. The highest BCUT2D eigenvalue weighted by Gasteiger charge is 2.38. The van der Waals surface area contributed by atoms with Crippen molar-refractivity contribution >= 4 is 11.7 Å². The molecule has 0 aliphatic carbocycles.